The first-order valence-electron chi connectivity index (χ1n) is 2.29. The predicted octanol–water partition coefficient (Wildman–Crippen LogP) is -1.96. The number of aromatic nitrogens is 6. The Kier molecular flexibility index (Phi) is 0.774. The van der Waals surface area contributed by atoms with Gasteiger partial charge in [-0.25, -0.2) is 0 Å². The molecule has 2 aromatic heterocycles. The molecule has 50 valence electrons. The Morgan fingerprint density at radius 2 is 2.30 bits per heavy atom. The van der Waals surface area contributed by atoms with E-state index in [0.717, 1.165) is 0 Å². The number of hydrogen-bond acceptors (Lipinski definition) is 7. The molecule has 0 amide bonds. The first kappa shape index (κ1) is 4.97. The van der Waals surface area contributed by atoms with Crippen LogP contribution in [0.25, 0.3) is 11.3 Å². The van der Waals surface area contributed by atoms with Gasteiger partial charge in [0.15, 0.2) is 0 Å². The molecule has 0 aliphatic heterocycles. The third-order valence-corrected chi connectivity index (χ3v) is 0.896. The summed E-state index contributed by atoms with van der Waals surface area (Å²) in [6, 6.07) is 0. The molecule has 2 rings (SSSR count). The van der Waals surface area contributed by atoms with Crippen molar-refractivity contribution in [3.63, 3.8) is 0 Å². The SMILES string of the molecule is [O-][n+]1nnnc2nonc21. The van der Waals surface area contributed by atoms with Gasteiger partial charge in [-0.2, -0.15) is 4.63 Å². The second-order valence-electron chi connectivity index (χ2n) is 1.46. The van der Waals surface area contributed by atoms with E-state index in [1.807, 2.05) is 0 Å². The maximum atomic E-state index is 10.6. The van der Waals surface area contributed by atoms with Gasteiger partial charge in [0, 0.05) is 0 Å². The van der Waals surface area contributed by atoms with Crippen LogP contribution >= 0.6 is 0 Å². The van der Waals surface area contributed by atoms with Crippen molar-refractivity contribution in [1.29, 1.82) is 0 Å². The topological polar surface area (TPSA) is 105 Å². The summed E-state index contributed by atoms with van der Waals surface area (Å²) in [5, 5.41) is 26.5. The molecule has 0 saturated heterocycles. The molecule has 0 spiro atoms. The lowest BCUT2D eigenvalue weighted by Gasteiger charge is -1.90. The molecule has 10 heavy (non-hydrogen) atoms. The normalized spacial score (nSPS) is 10.4. The van der Waals surface area contributed by atoms with Crippen LogP contribution in [0.1, 0.15) is 0 Å². The number of rotatable bonds is 0. The van der Waals surface area contributed by atoms with E-state index in [1.165, 1.54) is 0 Å². The molecular weight excluding hydrogens is 140 g/mol. The van der Waals surface area contributed by atoms with Gasteiger partial charge in [0.05, 0.1) is 5.21 Å². The Labute approximate surface area is 53.0 Å². The zero-order chi connectivity index (χ0) is 6.97. The summed E-state index contributed by atoms with van der Waals surface area (Å²) >= 11 is 0. The van der Waals surface area contributed by atoms with Crippen molar-refractivity contribution in [3.05, 3.63) is 5.21 Å². The van der Waals surface area contributed by atoms with Crippen LogP contribution in [0.15, 0.2) is 4.63 Å². The van der Waals surface area contributed by atoms with Gasteiger partial charge in [0.25, 0.3) is 0 Å². The van der Waals surface area contributed by atoms with Gasteiger partial charge in [-0.15, -0.1) is 4.85 Å². The Hall–Kier alpha value is -1.86. The minimum Gasteiger partial charge on any atom is -0.721 e. The van der Waals surface area contributed by atoms with Crippen LogP contribution in [0.3, 0.4) is 0 Å². The van der Waals surface area contributed by atoms with Crippen molar-refractivity contribution in [2.24, 2.45) is 0 Å². The van der Waals surface area contributed by atoms with Crippen molar-refractivity contribution in [1.82, 2.24) is 25.8 Å². The third-order valence-electron chi connectivity index (χ3n) is 0.896. The van der Waals surface area contributed by atoms with E-state index in [-0.39, 0.29) is 16.1 Å². The molecule has 0 aliphatic carbocycles. The molecule has 0 radical (unpaired) electrons. The summed E-state index contributed by atoms with van der Waals surface area (Å²) < 4.78 is 4.18. The average Bonchev–Trinajstić information content (AvgIpc) is 2.36. The first-order chi connectivity index (χ1) is 4.88. The van der Waals surface area contributed by atoms with E-state index in [2.05, 4.69) is 30.5 Å². The molecule has 0 bridgehead atoms. The highest BCUT2D eigenvalue weighted by atomic mass is 16.6. The highest BCUT2D eigenvalue weighted by molar-refractivity contribution is 5.56. The summed E-state index contributed by atoms with van der Waals surface area (Å²) in [4.78, 5) is 0.179. The second kappa shape index (κ2) is 1.56. The first-order valence-corrected chi connectivity index (χ1v) is 2.29. The van der Waals surface area contributed by atoms with Crippen LogP contribution in [-0.2, 0) is 0 Å². The molecule has 0 aromatic carbocycles. The fourth-order valence-corrected chi connectivity index (χ4v) is 0.504. The van der Waals surface area contributed by atoms with Gasteiger partial charge < -0.3 is 5.21 Å². The number of nitrogens with zero attached hydrogens (tertiary/aromatic N) is 6. The molecule has 0 fully saturated rings. The van der Waals surface area contributed by atoms with E-state index in [9.17, 15) is 5.21 Å². The van der Waals surface area contributed by atoms with Gasteiger partial charge in [0.1, 0.15) is 10.4 Å². The Balaban J connectivity index is 2.95. The smallest absolute Gasteiger partial charge is 0.381 e. The molecule has 0 unspecified atom stereocenters. The van der Waals surface area contributed by atoms with E-state index in [0.29, 0.717) is 0 Å². The van der Waals surface area contributed by atoms with Crippen molar-refractivity contribution in [2.45, 2.75) is 0 Å². The minimum atomic E-state index is -0.0741. The standard InChI is InChI=1S/C2N6O2/c9-8-2-1(3-6-7-8)4-10-5-2. The highest BCUT2D eigenvalue weighted by Crippen LogP contribution is 1.92. The molecule has 0 aliphatic rings. The molecule has 0 N–H and O–H groups in total. The summed E-state index contributed by atoms with van der Waals surface area (Å²) in [6.45, 7) is 0. The third kappa shape index (κ3) is 0.493. The van der Waals surface area contributed by atoms with Crippen molar-refractivity contribution < 1.29 is 9.47 Å². The number of hydrogen-bond donors (Lipinski definition) is 0. The highest BCUT2D eigenvalue weighted by Gasteiger charge is 2.10. The molecule has 8 nitrogen and oxygen atoms in total. The van der Waals surface area contributed by atoms with Crippen molar-refractivity contribution >= 4 is 11.3 Å². The van der Waals surface area contributed by atoms with Crippen LogP contribution in [0.2, 0.25) is 0 Å². The maximum Gasteiger partial charge on any atom is 0.381 e. The monoisotopic (exact) mass is 140 g/mol. The van der Waals surface area contributed by atoms with Gasteiger partial charge in [0.2, 0.25) is 0 Å². The lowest BCUT2D eigenvalue weighted by Crippen LogP contribution is -2.33. The van der Waals surface area contributed by atoms with Gasteiger partial charge in [-0.05, 0) is 10.3 Å². The largest absolute Gasteiger partial charge is 0.721 e. The Morgan fingerprint density at radius 3 is 3.10 bits per heavy atom. The summed E-state index contributed by atoms with van der Waals surface area (Å²) in [5.74, 6) is 0. The summed E-state index contributed by atoms with van der Waals surface area (Å²) in [6.07, 6.45) is 0. The van der Waals surface area contributed by atoms with Crippen molar-refractivity contribution in [3.8, 4) is 0 Å². The predicted molar refractivity (Wildman–Crippen MR) is 24.1 cm³/mol. The molecule has 8 heteroatoms. The Morgan fingerprint density at radius 1 is 1.40 bits per heavy atom. The molecule has 0 atom stereocenters. The second-order valence-corrected chi connectivity index (χ2v) is 1.46. The zero-order valence-electron chi connectivity index (χ0n) is 4.50. The molecule has 0 saturated carbocycles. The van der Waals surface area contributed by atoms with E-state index in [4.69, 9.17) is 0 Å². The van der Waals surface area contributed by atoms with Crippen LogP contribution in [0.4, 0.5) is 0 Å². The fraction of sp³-hybridized carbons (Fsp3) is 0. The average molecular weight is 140 g/mol. The van der Waals surface area contributed by atoms with Gasteiger partial charge in [-0.3, -0.25) is 0 Å². The molecular formula is C2N6O2. The van der Waals surface area contributed by atoms with Crippen LogP contribution in [-0.4, -0.2) is 25.8 Å². The minimum absolute atomic E-state index is 0.0463. The van der Waals surface area contributed by atoms with Gasteiger partial charge >= 0.3 is 11.3 Å². The summed E-state index contributed by atoms with van der Waals surface area (Å²) in [7, 11) is 0. The van der Waals surface area contributed by atoms with E-state index < -0.39 is 0 Å². The van der Waals surface area contributed by atoms with Crippen LogP contribution < -0.4 is 4.85 Å². The van der Waals surface area contributed by atoms with Crippen LogP contribution in [0, 0.1) is 5.21 Å². The van der Waals surface area contributed by atoms with Crippen molar-refractivity contribution in [2.75, 3.05) is 0 Å². The molecule has 2 heterocycles. The van der Waals surface area contributed by atoms with Crippen LogP contribution in [0.5, 0.6) is 0 Å². The number of fused-ring (bicyclic) bond motifs is 1. The maximum absolute atomic E-state index is 10.6. The van der Waals surface area contributed by atoms with E-state index in [1.54, 1.807) is 0 Å². The zero-order valence-corrected chi connectivity index (χ0v) is 4.50. The quantitative estimate of drug-likeness (QED) is 0.309. The summed E-state index contributed by atoms with van der Waals surface area (Å²) in [5.41, 5.74) is -0.0278. The lowest BCUT2D eigenvalue weighted by atomic mass is 10.8. The lowest BCUT2D eigenvalue weighted by molar-refractivity contribution is -0.652. The van der Waals surface area contributed by atoms with Gasteiger partial charge in [-0.1, -0.05) is 0 Å². The fourth-order valence-electron chi connectivity index (χ4n) is 0.504. The van der Waals surface area contributed by atoms with E-state index >= 15 is 0 Å². The molecule has 2 aromatic rings. The Bertz CT molecular complexity index is 355.